The van der Waals surface area contributed by atoms with Crippen molar-refractivity contribution in [2.75, 3.05) is 0 Å². The first kappa shape index (κ1) is 13.5. The Labute approximate surface area is 114 Å². The fraction of sp³-hybridized carbons (Fsp3) is 0.200. The van der Waals surface area contributed by atoms with Crippen molar-refractivity contribution in [2.45, 2.75) is 13.0 Å². The molecule has 2 aromatic rings. The minimum atomic E-state index is -2.98. The highest BCUT2D eigenvalue weighted by Gasteiger charge is 2.26. The lowest BCUT2D eigenvalue weighted by Gasteiger charge is -2.05. The molecule has 0 saturated carbocycles. The summed E-state index contributed by atoms with van der Waals surface area (Å²) >= 11 is 3.20. The number of carboxylic acids is 1. The molecule has 0 unspecified atom stereocenters. The number of carboxylic acid groups (broad SMARTS) is 1. The third kappa shape index (κ3) is 2.92. The number of aromatic carboxylic acids is 1. The molecule has 0 aromatic carbocycles. The Bertz CT molecular complexity index is 600. The van der Waals surface area contributed by atoms with Gasteiger partial charge in [0.1, 0.15) is 5.69 Å². The zero-order chi connectivity index (χ0) is 14.0. The Morgan fingerprint density at radius 2 is 2.21 bits per heavy atom. The highest BCUT2D eigenvalue weighted by atomic mass is 79.9. The van der Waals surface area contributed by atoms with Crippen molar-refractivity contribution >= 4 is 21.9 Å². The number of hydrogen-bond acceptors (Lipinski definition) is 4. The summed E-state index contributed by atoms with van der Waals surface area (Å²) in [6, 6.07) is 3.31. The van der Waals surface area contributed by atoms with Crippen molar-refractivity contribution in [1.82, 2.24) is 20.0 Å². The summed E-state index contributed by atoms with van der Waals surface area (Å²) in [7, 11) is 0. The minimum Gasteiger partial charge on any atom is -0.476 e. The monoisotopic (exact) mass is 332 g/mol. The van der Waals surface area contributed by atoms with Crippen LogP contribution < -0.4 is 0 Å². The van der Waals surface area contributed by atoms with Gasteiger partial charge in [-0.25, -0.2) is 18.3 Å². The summed E-state index contributed by atoms with van der Waals surface area (Å²) < 4.78 is 27.3. The van der Waals surface area contributed by atoms with Crippen LogP contribution in [0.4, 0.5) is 8.78 Å². The fourth-order valence-electron chi connectivity index (χ4n) is 1.46. The largest absolute Gasteiger partial charge is 0.476 e. The SMILES string of the molecule is O=C(O)c1nnn(Cc2ccc(Br)cn2)c1C(F)F. The van der Waals surface area contributed by atoms with Gasteiger partial charge in [0.15, 0.2) is 5.69 Å². The average molecular weight is 333 g/mol. The maximum atomic E-state index is 12.9. The average Bonchev–Trinajstić information content (AvgIpc) is 2.76. The first-order valence-corrected chi connectivity index (χ1v) is 5.83. The van der Waals surface area contributed by atoms with Crippen molar-refractivity contribution in [3.63, 3.8) is 0 Å². The van der Waals surface area contributed by atoms with Crippen molar-refractivity contribution in [3.8, 4) is 0 Å². The Hall–Kier alpha value is -1.90. The summed E-state index contributed by atoms with van der Waals surface area (Å²) in [6.45, 7) is -0.0762. The van der Waals surface area contributed by atoms with Crippen LogP contribution >= 0.6 is 15.9 Å². The molecule has 6 nitrogen and oxygen atoms in total. The number of alkyl halides is 2. The predicted octanol–water partition coefficient (Wildman–Crippen LogP) is 2.12. The van der Waals surface area contributed by atoms with Gasteiger partial charge in [0.2, 0.25) is 0 Å². The lowest BCUT2D eigenvalue weighted by atomic mass is 10.3. The van der Waals surface area contributed by atoms with E-state index >= 15 is 0 Å². The third-order valence-electron chi connectivity index (χ3n) is 2.28. The summed E-state index contributed by atoms with van der Waals surface area (Å²) in [5.41, 5.74) is -1.00. The van der Waals surface area contributed by atoms with Crippen LogP contribution in [0.5, 0.6) is 0 Å². The molecule has 0 spiro atoms. The molecule has 2 heterocycles. The molecule has 1 N–H and O–H groups in total. The molecule has 0 saturated heterocycles. The molecule has 2 rings (SSSR count). The van der Waals surface area contributed by atoms with Crippen molar-refractivity contribution in [2.24, 2.45) is 0 Å². The van der Waals surface area contributed by atoms with Gasteiger partial charge in [0.05, 0.1) is 12.2 Å². The quantitative estimate of drug-likeness (QED) is 0.927. The molecule has 0 fully saturated rings. The zero-order valence-electron chi connectivity index (χ0n) is 9.29. The second-order valence-electron chi connectivity index (χ2n) is 3.55. The van der Waals surface area contributed by atoms with E-state index < -0.39 is 23.8 Å². The first-order chi connectivity index (χ1) is 8.99. The maximum absolute atomic E-state index is 12.9. The number of hydrogen-bond donors (Lipinski definition) is 1. The standard InChI is InChI=1S/C10H7BrF2N4O2/c11-5-1-2-6(14-3-5)4-17-8(9(12)13)7(10(18)19)15-16-17/h1-3,9H,4H2,(H,18,19). The molecule has 0 radical (unpaired) electrons. The maximum Gasteiger partial charge on any atom is 0.358 e. The van der Waals surface area contributed by atoms with E-state index in [4.69, 9.17) is 5.11 Å². The van der Waals surface area contributed by atoms with E-state index in [0.29, 0.717) is 5.69 Å². The Kier molecular flexibility index (Phi) is 3.84. The topological polar surface area (TPSA) is 80.9 Å². The Balaban J connectivity index is 2.35. The van der Waals surface area contributed by atoms with Gasteiger partial charge in [0.25, 0.3) is 6.43 Å². The lowest BCUT2D eigenvalue weighted by molar-refractivity contribution is 0.0675. The van der Waals surface area contributed by atoms with Gasteiger partial charge >= 0.3 is 5.97 Å². The van der Waals surface area contributed by atoms with Gasteiger partial charge in [-0.3, -0.25) is 4.98 Å². The highest BCUT2D eigenvalue weighted by molar-refractivity contribution is 9.10. The van der Waals surface area contributed by atoms with Crippen molar-refractivity contribution < 1.29 is 18.7 Å². The molecule has 9 heteroatoms. The summed E-state index contributed by atoms with van der Waals surface area (Å²) in [6.07, 6.45) is -1.47. The van der Waals surface area contributed by atoms with Gasteiger partial charge in [-0.05, 0) is 28.1 Å². The van der Waals surface area contributed by atoms with Crippen LogP contribution in [0.15, 0.2) is 22.8 Å². The molecule has 0 amide bonds. The third-order valence-corrected chi connectivity index (χ3v) is 2.75. The predicted molar refractivity (Wildman–Crippen MR) is 63.0 cm³/mol. The number of carbonyl (C=O) groups is 1. The van der Waals surface area contributed by atoms with Gasteiger partial charge in [-0.2, -0.15) is 0 Å². The highest BCUT2D eigenvalue weighted by Crippen LogP contribution is 2.22. The fourth-order valence-corrected chi connectivity index (χ4v) is 1.69. The molecule has 0 aliphatic rings. The summed E-state index contributed by atoms with van der Waals surface area (Å²) in [5, 5.41) is 15.4. The number of pyridine rings is 1. The van der Waals surface area contributed by atoms with Gasteiger partial charge < -0.3 is 5.11 Å². The smallest absolute Gasteiger partial charge is 0.358 e. The number of rotatable bonds is 4. The summed E-state index contributed by atoms with van der Waals surface area (Å²) in [5.74, 6) is -1.54. The first-order valence-electron chi connectivity index (χ1n) is 5.04. The molecule has 100 valence electrons. The van der Waals surface area contributed by atoms with Gasteiger partial charge in [0, 0.05) is 10.7 Å². The minimum absolute atomic E-state index is 0.0762. The number of nitrogens with zero attached hydrogens (tertiary/aromatic N) is 4. The van der Waals surface area contributed by atoms with Crippen LogP contribution in [0.2, 0.25) is 0 Å². The summed E-state index contributed by atoms with van der Waals surface area (Å²) in [4.78, 5) is 14.8. The van der Waals surface area contributed by atoms with E-state index in [9.17, 15) is 13.6 Å². The normalized spacial score (nSPS) is 10.9. The van der Waals surface area contributed by atoms with Gasteiger partial charge in [-0.1, -0.05) is 5.21 Å². The molecule has 19 heavy (non-hydrogen) atoms. The molecule has 0 atom stereocenters. The van der Waals surface area contributed by atoms with Crippen LogP contribution in [-0.4, -0.2) is 31.1 Å². The van der Waals surface area contributed by atoms with E-state index in [1.165, 1.54) is 6.20 Å². The Morgan fingerprint density at radius 3 is 2.74 bits per heavy atom. The molecular weight excluding hydrogens is 326 g/mol. The van der Waals surface area contributed by atoms with E-state index in [2.05, 4.69) is 31.2 Å². The molecule has 0 aliphatic carbocycles. The van der Waals surface area contributed by atoms with E-state index in [-0.39, 0.29) is 6.54 Å². The second kappa shape index (κ2) is 5.39. The van der Waals surface area contributed by atoms with Crippen LogP contribution in [0.3, 0.4) is 0 Å². The molecule has 2 aromatic heterocycles. The van der Waals surface area contributed by atoms with Crippen LogP contribution in [0.25, 0.3) is 0 Å². The van der Waals surface area contributed by atoms with E-state index in [1.54, 1.807) is 12.1 Å². The van der Waals surface area contributed by atoms with Crippen LogP contribution in [0, 0.1) is 0 Å². The van der Waals surface area contributed by atoms with Crippen molar-refractivity contribution in [3.05, 3.63) is 39.9 Å². The van der Waals surface area contributed by atoms with Gasteiger partial charge in [-0.15, -0.1) is 5.10 Å². The van der Waals surface area contributed by atoms with Crippen LogP contribution in [-0.2, 0) is 6.54 Å². The molecular formula is C10H7BrF2N4O2. The second-order valence-corrected chi connectivity index (χ2v) is 4.47. The molecule has 0 aliphatic heterocycles. The molecule has 0 bridgehead atoms. The van der Waals surface area contributed by atoms with Crippen molar-refractivity contribution in [1.29, 1.82) is 0 Å². The zero-order valence-corrected chi connectivity index (χ0v) is 10.9. The Morgan fingerprint density at radius 1 is 1.47 bits per heavy atom. The number of halogens is 3. The lowest BCUT2D eigenvalue weighted by Crippen LogP contribution is -2.10. The number of aromatic nitrogens is 4. The van der Waals surface area contributed by atoms with E-state index in [1.807, 2.05) is 0 Å². The van der Waals surface area contributed by atoms with E-state index in [0.717, 1.165) is 9.15 Å². The van der Waals surface area contributed by atoms with Crippen LogP contribution in [0.1, 0.15) is 28.3 Å².